The normalized spacial score (nSPS) is 12.4. The fraction of sp³-hybridized carbons (Fsp3) is 0.200. The Morgan fingerprint density at radius 2 is 2.00 bits per heavy atom. The summed E-state index contributed by atoms with van der Waals surface area (Å²) in [5.74, 6) is -0.382. The molecule has 0 aromatic heterocycles. The van der Waals surface area contributed by atoms with Crippen molar-refractivity contribution in [2.75, 3.05) is 7.05 Å². The molecule has 0 amide bonds. The van der Waals surface area contributed by atoms with Crippen molar-refractivity contribution < 1.29 is 4.39 Å². The van der Waals surface area contributed by atoms with Gasteiger partial charge in [-0.15, -0.1) is 0 Å². The zero-order valence-electron chi connectivity index (χ0n) is 10.8. The molecule has 0 heterocycles. The quantitative estimate of drug-likeness (QED) is 0.687. The third-order valence-electron chi connectivity index (χ3n) is 3.14. The molecule has 2 rings (SSSR count). The summed E-state index contributed by atoms with van der Waals surface area (Å²) >= 11 is 13.1. The summed E-state index contributed by atoms with van der Waals surface area (Å²) in [5.41, 5.74) is 1.89. The van der Waals surface area contributed by atoms with Crippen LogP contribution in [-0.2, 0) is 6.42 Å². The van der Waals surface area contributed by atoms with Gasteiger partial charge in [0.1, 0.15) is 5.82 Å². The smallest absolute Gasteiger partial charge is 0.142 e. The molecule has 0 fully saturated rings. The van der Waals surface area contributed by atoms with Crippen molar-refractivity contribution in [2.45, 2.75) is 12.5 Å². The van der Waals surface area contributed by atoms with Crippen LogP contribution >= 0.6 is 43.5 Å². The molecule has 0 radical (unpaired) electrons. The van der Waals surface area contributed by atoms with Crippen molar-refractivity contribution in [1.29, 1.82) is 0 Å². The third kappa shape index (κ3) is 3.61. The van der Waals surface area contributed by atoms with Gasteiger partial charge in [0.25, 0.3) is 0 Å². The van der Waals surface area contributed by atoms with Gasteiger partial charge in [0.15, 0.2) is 0 Å². The van der Waals surface area contributed by atoms with E-state index in [1.54, 1.807) is 6.07 Å². The topological polar surface area (TPSA) is 12.0 Å². The van der Waals surface area contributed by atoms with Crippen LogP contribution in [0.3, 0.4) is 0 Å². The van der Waals surface area contributed by atoms with Gasteiger partial charge in [-0.3, -0.25) is 0 Å². The standard InChI is InChI=1S/C15H13Br2ClFN/c1-20-14(11-8-10(16)5-6-12(11)17)7-9-3-2-4-13(19)15(9)18/h2-6,8,14,20H,7H2,1H3. The highest BCUT2D eigenvalue weighted by atomic mass is 79.9. The minimum atomic E-state index is -0.382. The summed E-state index contributed by atoms with van der Waals surface area (Å²) in [5, 5.41) is 3.44. The van der Waals surface area contributed by atoms with E-state index in [4.69, 9.17) is 11.6 Å². The van der Waals surface area contributed by atoms with Crippen LogP contribution in [0.2, 0.25) is 5.02 Å². The SMILES string of the molecule is CNC(Cc1cccc(F)c1Cl)c1cc(Br)ccc1Br. The van der Waals surface area contributed by atoms with E-state index in [9.17, 15) is 4.39 Å². The lowest BCUT2D eigenvalue weighted by Crippen LogP contribution is -2.19. The first kappa shape index (κ1) is 16.0. The number of benzene rings is 2. The van der Waals surface area contributed by atoms with E-state index in [-0.39, 0.29) is 16.9 Å². The predicted octanol–water partition coefficient (Wildman–Crippen LogP) is 5.51. The van der Waals surface area contributed by atoms with Crippen LogP contribution in [0.25, 0.3) is 0 Å². The summed E-state index contributed by atoms with van der Waals surface area (Å²) in [6, 6.07) is 10.9. The Bertz CT molecular complexity index is 619. The molecule has 0 saturated carbocycles. The highest BCUT2D eigenvalue weighted by molar-refractivity contribution is 9.11. The molecule has 106 valence electrons. The highest BCUT2D eigenvalue weighted by Gasteiger charge is 2.16. The zero-order valence-corrected chi connectivity index (χ0v) is 14.7. The molecular weight excluding hydrogens is 408 g/mol. The second-order valence-electron chi connectivity index (χ2n) is 4.42. The maximum Gasteiger partial charge on any atom is 0.142 e. The molecule has 2 aromatic carbocycles. The monoisotopic (exact) mass is 419 g/mol. The first-order valence-corrected chi connectivity index (χ1v) is 8.04. The van der Waals surface area contributed by atoms with Crippen molar-refractivity contribution in [1.82, 2.24) is 5.32 Å². The highest BCUT2D eigenvalue weighted by Crippen LogP contribution is 2.31. The largest absolute Gasteiger partial charge is 0.313 e. The first-order chi connectivity index (χ1) is 9.52. The van der Waals surface area contributed by atoms with Gasteiger partial charge >= 0.3 is 0 Å². The molecule has 20 heavy (non-hydrogen) atoms. The van der Waals surface area contributed by atoms with E-state index < -0.39 is 0 Å². The lowest BCUT2D eigenvalue weighted by atomic mass is 9.99. The second kappa shape index (κ2) is 7.03. The zero-order chi connectivity index (χ0) is 14.7. The van der Waals surface area contributed by atoms with Gasteiger partial charge in [-0.1, -0.05) is 55.6 Å². The van der Waals surface area contributed by atoms with E-state index >= 15 is 0 Å². The Labute approximate surface area is 139 Å². The minimum Gasteiger partial charge on any atom is -0.313 e. The van der Waals surface area contributed by atoms with E-state index in [1.165, 1.54) is 6.07 Å². The van der Waals surface area contributed by atoms with Crippen LogP contribution < -0.4 is 5.32 Å². The maximum atomic E-state index is 13.5. The molecule has 0 bridgehead atoms. The molecule has 1 N–H and O–H groups in total. The Kier molecular flexibility index (Phi) is 5.61. The fourth-order valence-electron chi connectivity index (χ4n) is 2.08. The van der Waals surface area contributed by atoms with Crippen LogP contribution in [0, 0.1) is 5.82 Å². The molecule has 0 saturated heterocycles. The molecule has 2 aromatic rings. The molecule has 5 heteroatoms. The van der Waals surface area contributed by atoms with Gasteiger partial charge in [0.2, 0.25) is 0 Å². The van der Waals surface area contributed by atoms with Crippen LogP contribution in [0.1, 0.15) is 17.2 Å². The lowest BCUT2D eigenvalue weighted by Gasteiger charge is -2.19. The van der Waals surface area contributed by atoms with Crippen LogP contribution in [0.4, 0.5) is 4.39 Å². The summed E-state index contributed by atoms with van der Waals surface area (Å²) in [4.78, 5) is 0. The van der Waals surface area contributed by atoms with E-state index in [1.807, 2.05) is 31.3 Å². The van der Waals surface area contributed by atoms with Crippen LogP contribution in [-0.4, -0.2) is 7.05 Å². The van der Waals surface area contributed by atoms with Gasteiger partial charge in [0.05, 0.1) is 5.02 Å². The average molecular weight is 422 g/mol. The van der Waals surface area contributed by atoms with E-state index in [0.29, 0.717) is 6.42 Å². The second-order valence-corrected chi connectivity index (χ2v) is 6.57. The number of nitrogens with one attached hydrogen (secondary N) is 1. The van der Waals surface area contributed by atoms with E-state index in [2.05, 4.69) is 37.2 Å². The Hall–Kier alpha value is -0.420. The van der Waals surface area contributed by atoms with Gasteiger partial charge in [-0.2, -0.15) is 0 Å². The van der Waals surface area contributed by atoms with Crippen molar-refractivity contribution in [3.63, 3.8) is 0 Å². The van der Waals surface area contributed by atoms with Gasteiger partial charge < -0.3 is 5.32 Å². The molecule has 0 aliphatic heterocycles. The van der Waals surface area contributed by atoms with Crippen LogP contribution in [0.15, 0.2) is 45.3 Å². The summed E-state index contributed by atoms with van der Waals surface area (Å²) in [7, 11) is 1.88. The summed E-state index contributed by atoms with van der Waals surface area (Å²) < 4.78 is 15.5. The molecule has 1 atom stereocenters. The number of hydrogen-bond donors (Lipinski definition) is 1. The molecule has 0 aliphatic carbocycles. The van der Waals surface area contributed by atoms with Gasteiger partial charge in [-0.25, -0.2) is 4.39 Å². The van der Waals surface area contributed by atoms with Crippen molar-refractivity contribution >= 4 is 43.5 Å². The van der Waals surface area contributed by atoms with Crippen LogP contribution in [0.5, 0.6) is 0 Å². The van der Waals surface area contributed by atoms with Gasteiger partial charge in [0, 0.05) is 15.0 Å². The number of likely N-dealkylation sites (N-methyl/N-ethyl adjacent to an activating group) is 1. The van der Waals surface area contributed by atoms with Gasteiger partial charge in [-0.05, 0) is 48.9 Å². The lowest BCUT2D eigenvalue weighted by molar-refractivity contribution is 0.582. The first-order valence-electron chi connectivity index (χ1n) is 6.08. The molecule has 1 nitrogen and oxygen atoms in total. The Morgan fingerprint density at radius 1 is 1.25 bits per heavy atom. The summed E-state index contributed by atoms with van der Waals surface area (Å²) in [6.45, 7) is 0. The van der Waals surface area contributed by atoms with E-state index in [0.717, 1.165) is 20.1 Å². The number of hydrogen-bond acceptors (Lipinski definition) is 1. The average Bonchev–Trinajstić information content (AvgIpc) is 2.43. The van der Waals surface area contributed by atoms with Crippen molar-refractivity contribution in [3.8, 4) is 0 Å². The van der Waals surface area contributed by atoms with Crippen molar-refractivity contribution in [3.05, 3.63) is 67.3 Å². The Morgan fingerprint density at radius 3 is 2.70 bits per heavy atom. The fourth-order valence-corrected chi connectivity index (χ4v) is 3.18. The number of halogens is 4. The maximum absolute atomic E-state index is 13.5. The molecule has 0 aliphatic rings. The Balaban J connectivity index is 2.34. The summed E-state index contributed by atoms with van der Waals surface area (Å²) in [6.07, 6.45) is 0.613. The molecule has 1 unspecified atom stereocenters. The molecular formula is C15H13Br2ClFN. The van der Waals surface area contributed by atoms with Crippen molar-refractivity contribution in [2.24, 2.45) is 0 Å². The predicted molar refractivity (Wildman–Crippen MR) is 88.8 cm³/mol. The minimum absolute atomic E-state index is 0.0428. The number of rotatable bonds is 4. The molecule has 0 spiro atoms. The third-order valence-corrected chi connectivity index (χ3v) is 4.78.